The quantitative estimate of drug-likeness (QED) is 0.479. The minimum Gasteiger partial charge on any atom is -0.422 e. The number of hydrogen-bond donors (Lipinski definition) is 0. The Balaban J connectivity index is 2.07. The van der Waals surface area contributed by atoms with Crippen LogP contribution in [-0.4, -0.2) is 27.8 Å². The predicted molar refractivity (Wildman–Crippen MR) is 88.1 cm³/mol. The molecule has 0 aliphatic carbocycles. The van der Waals surface area contributed by atoms with Crippen LogP contribution in [0.25, 0.3) is 11.0 Å². The Bertz CT molecular complexity index is 863. The Morgan fingerprint density at radius 1 is 1.25 bits per heavy atom. The van der Waals surface area contributed by atoms with E-state index < -0.39 is 10.5 Å². The minimum atomic E-state index is -0.716. The van der Waals surface area contributed by atoms with Gasteiger partial charge in [0.05, 0.1) is 4.92 Å². The second-order valence-corrected chi connectivity index (χ2v) is 6.27. The molecule has 3 rings (SSSR count). The molecule has 2 atom stereocenters. The molecule has 2 heterocycles. The van der Waals surface area contributed by atoms with Crippen molar-refractivity contribution in [2.75, 3.05) is 0 Å². The second-order valence-electron chi connectivity index (χ2n) is 6.27. The first-order valence-electron chi connectivity index (χ1n) is 7.93. The van der Waals surface area contributed by atoms with Gasteiger partial charge in [-0.3, -0.25) is 14.9 Å². The smallest absolute Gasteiger partial charge is 0.349 e. The largest absolute Gasteiger partial charge is 0.422 e. The molecule has 0 N–H and O–H groups in total. The zero-order valence-electron chi connectivity index (χ0n) is 13.5. The van der Waals surface area contributed by atoms with Crippen molar-refractivity contribution in [2.24, 2.45) is 0 Å². The van der Waals surface area contributed by atoms with Crippen molar-refractivity contribution in [3.05, 3.63) is 50.4 Å². The van der Waals surface area contributed by atoms with Gasteiger partial charge in [-0.25, -0.2) is 4.79 Å². The van der Waals surface area contributed by atoms with E-state index in [-0.39, 0.29) is 34.8 Å². The zero-order valence-corrected chi connectivity index (χ0v) is 13.5. The molecule has 1 aromatic carbocycles. The Labute approximate surface area is 138 Å². The molecule has 24 heavy (non-hydrogen) atoms. The van der Waals surface area contributed by atoms with Crippen LogP contribution in [0, 0.1) is 10.1 Å². The van der Waals surface area contributed by atoms with E-state index in [4.69, 9.17) is 4.42 Å². The van der Waals surface area contributed by atoms with Gasteiger partial charge in [-0.1, -0.05) is 0 Å². The van der Waals surface area contributed by atoms with Gasteiger partial charge in [0.1, 0.15) is 11.1 Å². The lowest BCUT2D eigenvalue weighted by molar-refractivity contribution is -0.384. The van der Waals surface area contributed by atoms with Gasteiger partial charge in [0.15, 0.2) is 0 Å². The van der Waals surface area contributed by atoms with Crippen LogP contribution in [0.1, 0.15) is 43.5 Å². The summed E-state index contributed by atoms with van der Waals surface area (Å²) in [6, 6.07) is 5.42. The molecule has 1 fully saturated rings. The summed E-state index contributed by atoms with van der Waals surface area (Å²) in [5.74, 6) is -0.378. The highest BCUT2D eigenvalue weighted by Gasteiger charge is 2.31. The van der Waals surface area contributed by atoms with Crippen molar-refractivity contribution in [1.29, 1.82) is 0 Å². The lowest BCUT2D eigenvalue weighted by Gasteiger charge is -2.38. The van der Waals surface area contributed by atoms with Crippen molar-refractivity contribution in [1.82, 2.24) is 4.90 Å². The van der Waals surface area contributed by atoms with Crippen LogP contribution in [0.5, 0.6) is 0 Å². The topological polar surface area (TPSA) is 93.7 Å². The number of amides is 1. The van der Waals surface area contributed by atoms with Crippen LogP contribution in [0.3, 0.4) is 0 Å². The number of nitro benzene ring substituents is 1. The van der Waals surface area contributed by atoms with Crippen LogP contribution in [0.2, 0.25) is 0 Å². The highest BCUT2D eigenvalue weighted by molar-refractivity contribution is 5.97. The Morgan fingerprint density at radius 3 is 2.54 bits per heavy atom. The van der Waals surface area contributed by atoms with Gasteiger partial charge in [-0.2, -0.15) is 0 Å². The third-order valence-electron chi connectivity index (χ3n) is 4.59. The summed E-state index contributed by atoms with van der Waals surface area (Å²) in [6.45, 7) is 3.92. The third-order valence-corrected chi connectivity index (χ3v) is 4.59. The first kappa shape index (κ1) is 16.2. The Morgan fingerprint density at radius 2 is 1.92 bits per heavy atom. The molecule has 1 saturated heterocycles. The molecule has 7 nitrogen and oxygen atoms in total. The number of likely N-dealkylation sites (tertiary alicyclic amines) is 1. The fourth-order valence-electron chi connectivity index (χ4n) is 3.33. The second kappa shape index (κ2) is 6.07. The molecule has 1 aliphatic heterocycles. The molecular weight excluding hydrogens is 312 g/mol. The molecule has 126 valence electrons. The summed E-state index contributed by atoms with van der Waals surface area (Å²) in [5, 5.41) is 11.3. The first-order chi connectivity index (χ1) is 11.4. The van der Waals surface area contributed by atoms with E-state index in [9.17, 15) is 19.7 Å². The summed E-state index contributed by atoms with van der Waals surface area (Å²) < 4.78 is 5.18. The lowest BCUT2D eigenvalue weighted by atomic mass is 9.96. The van der Waals surface area contributed by atoms with Crippen molar-refractivity contribution in [2.45, 2.75) is 45.2 Å². The number of rotatable bonds is 2. The number of hydrogen-bond acceptors (Lipinski definition) is 5. The average molecular weight is 330 g/mol. The number of non-ortho nitro benzene ring substituents is 1. The van der Waals surface area contributed by atoms with Crippen molar-refractivity contribution >= 4 is 22.6 Å². The first-order valence-corrected chi connectivity index (χ1v) is 7.93. The molecule has 2 aromatic rings. The number of nitrogens with zero attached hydrogens (tertiary/aromatic N) is 2. The highest BCUT2D eigenvalue weighted by atomic mass is 16.6. The maximum absolute atomic E-state index is 12.8. The van der Waals surface area contributed by atoms with E-state index in [2.05, 4.69) is 0 Å². The molecular formula is C17H18N2O5. The van der Waals surface area contributed by atoms with E-state index in [1.54, 1.807) is 4.90 Å². The van der Waals surface area contributed by atoms with Gasteiger partial charge in [-0.05, 0) is 45.2 Å². The van der Waals surface area contributed by atoms with Gasteiger partial charge in [0.25, 0.3) is 11.6 Å². The fourth-order valence-corrected chi connectivity index (χ4v) is 3.33. The number of carbonyl (C=O) groups excluding carboxylic acids is 1. The van der Waals surface area contributed by atoms with Crippen LogP contribution < -0.4 is 5.63 Å². The number of piperidine rings is 1. The molecule has 7 heteroatoms. The minimum absolute atomic E-state index is 0.0430. The SMILES string of the molecule is C[C@@H]1CCC[C@@H](C)N1C(=O)c1cc2cc([N+](=O)[O-])ccc2oc1=O. The summed E-state index contributed by atoms with van der Waals surface area (Å²) in [6.07, 6.45) is 2.82. The third kappa shape index (κ3) is 2.77. The normalized spacial score (nSPS) is 21.0. The number of carbonyl (C=O) groups is 1. The monoisotopic (exact) mass is 330 g/mol. The van der Waals surface area contributed by atoms with Crippen molar-refractivity contribution in [3.63, 3.8) is 0 Å². The van der Waals surface area contributed by atoms with Gasteiger partial charge >= 0.3 is 5.63 Å². The van der Waals surface area contributed by atoms with Crippen LogP contribution in [0.4, 0.5) is 5.69 Å². The number of fused-ring (bicyclic) bond motifs is 1. The van der Waals surface area contributed by atoms with E-state index in [0.29, 0.717) is 5.39 Å². The summed E-state index contributed by atoms with van der Waals surface area (Å²) in [4.78, 5) is 37.1. The molecule has 0 spiro atoms. The Hall–Kier alpha value is -2.70. The van der Waals surface area contributed by atoms with E-state index in [1.807, 2.05) is 13.8 Å². The molecule has 1 amide bonds. The van der Waals surface area contributed by atoms with Gasteiger partial charge < -0.3 is 9.32 Å². The molecule has 0 saturated carbocycles. The van der Waals surface area contributed by atoms with Crippen LogP contribution in [-0.2, 0) is 0 Å². The summed E-state index contributed by atoms with van der Waals surface area (Å²) >= 11 is 0. The van der Waals surface area contributed by atoms with E-state index in [1.165, 1.54) is 24.3 Å². The maximum atomic E-state index is 12.8. The van der Waals surface area contributed by atoms with Crippen LogP contribution in [0.15, 0.2) is 33.5 Å². The van der Waals surface area contributed by atoms with E-state index in [0.717, 1.165) is 19.3 Å². The number of benzene rings is 1. The van der Waals surface area contributed by atoms with Crippen molar-refractivity contribution in [3.8, 4) is 0 Å². The summed E-state index contributed by atoms with van der Waals surface area (Å²) in [7, 11) is 0. The van der Waals surface area contributed by atoms with Crippen LogP contribution >= 0.6 is 0 Å². The lowest BCUT2D eigenvalue weighted by Crippen LogP contribution is -2.48. The van der Waals surface area contributed by atoms with E-state index >= 15 is 0 Å². The molecule has 0 unspecified atom stereocenters. The average Bonchev–Trinajstić information content (AvgIpc) is 2.53. The zero-order chi connectivity index (χ0) is 17.4. The van der Waals surface area contributed by atoms with Crippen molar-refractivity contribution < 1.29 is 14.1 Å². The molecule has 1 aliphatic rings. The van der Waals surface area contributed by atoms with Gasteiger partial charge in [-0.15, -0.1) is 0 Å². The fraction of sp³-hybridized carbons (Fsp3) is 0.412. The highest BCUT2D eigenvalue weighted by Crippen LogP contribution is 2.25. The number of nitro groups is 1. The standard InChI is InChI=1S/C17H18N2O5/c1-10-4-3-5-11(2)18(10)16(20)14-9-12-8-13(19(22)23)6-7-15(12)24-17(14)21/h6-11H,3-5H2,1-2H3/t10-,11-/m1/s1. The molecule has 0 bridgehead atoms. The predicted octanol–water partition coefficient (Wildman–Crippen LogP) is 3.10. The van der Waals surface area contributed by atoms with Gasteiger partial charge in [0.2, 0.25) is 0 Å². The molecule has 1 aromatic heterocycles. The maximum Gasteiger partial charge on any atom is 0.349 e. The Kier molecular flexibility index (Phi) is 4.09. The summed E-state index contributed by atoms with van der Waals surface area (Å²) in [5.41, 5.74) is -0.689. The van der Waals surface area contributed by atoms with Gasteiger partial charge in [0, 0.05) is 29.6 Å². The molecule has 0 radical (unpaired) electrons.